The lowest BCUT2D eigenvalue weighted by atomic mass is 10.2. The number of hydrogen-bond acceptors (Lipinski definition) is 6. The Labute approximate surface area is 152 Å². The Kier molecular flexibility index (Phi) is 6.67. The summed E-state index contributed by atoms with van der Waals surface area (Å²) in [6.07, 6.45) is 1.76. The van der Waals surface area contributed by atoms with E-state index in [9.17, 15) is 24.1 Å². The molecule has 7 nitrogen and oxygen atoms in total. The molecular formula is C17H15FN2O5S. The van der Waals surface area contributed by atoms with Crippen molar-refractivity contribution in [2.75, 3.05) is 12.9 Å². The third kappa shape index (κ3) is 5.03. The van der Waals surface area contributed by atoms with Gasteiger partial charge < -0.3 is 10.1 Å². The zero-order valence-corrected chi connectivity index (χ0v) is 14.5. The molecule has 9 heteroatoms. The third-order valence-corrected chi connectivity index (χ3v) is 4.11. The van der Waals surface area contributed by atoms with Crippen LogP contribution >= 0.6 is 11.8 Å². The molecule has 0 saturated heterocycles. The van der Waals surface area contributed by atoms with E-state index >= 15 is 0 Å². The standard InChI is InChI=1S/C17H15FN2O5S/c1-26-12-6-7-15(20(23)24)13(8-12)17(22)25-10-16(21)19-9-11-4-2-3-5-14(11)18/h2-8H,9-10H2,1H3,(H,19,21). The van der Waals surface area contributed by atoms with Gasteiger partial charge in [-0.3, -0.25) is 14.9 Å². The Morgan fingerprint density at radius 3 is 2.65 bits per heavy atom. The molecule has 0 saturated carbocycles. The highest BCUT2D eigenvalue weighted by Gasteiger charge is 2.22. The van der Waals surface area contributed by atoms with Gasteiger partial charge in [-0.15, -0.1) is 11.8 Å². The van der Waals surface area contributed by atoms with Crippen molar-refractivity contribution in [3.8, 4) is 0 Å². The van der Waals surface area contributed by atoms with E-state index in [-0.39, 0.29) is 17.7 Å². The maximum Gasteiger partial charge on any atom is 0.345 e. The highest BCUT2D eigenvalue weighted by atomic mass is 32.2. The number of amides is 1. The van der Waals surface area contributed by atoms with Gasteiger partial charge in [-0.1, -0.05) is 18.2 Å². The van der Waals surface area contributed by atoms with E-state index in [1.165, 1.54) is 48.2 Å². The molecule has 0 atom stereocenters. The van der Waals surface area contributed by atoms with E-state index in [1.807, 2.05) is 0 Å². The fraction of sp³-hybridized carbons (Fsp3) is 0.176. The monoisotopic (exact) mass is 378 g/mol. The largest absolute Gasteiger partial charge is 0.452 e. The normalized spacial score (nSPS) is 10.2. The van der Waals surface area contributed by atoms with Crippen LogP contribution in [-0.4, -0.2) is 29.7 Å². The number of esters is 1. The SMILES string of the molecule is CSc1ccc([N+](=O)[O-])c(C(=O)OCC(=O)NCc2ccccc2F)c1. The van der Waals surface area contributed by atoms with Crippen LogP contribution in [0.4, 0.5) is 10.1 Å². The average Bonchev–Trinajstić information content (AvgIpc) is 2.64. The molecule has 0 aliphatic carbocycles. The Morgan fingerprint density at radius 1 is 1.27 bits per heavy atom. The molecule has 2 aromatic rings. The van der Waals surface area contributed by atoms with E-state index < -0.39 is 34.9 Å². The average molecular weight is 378 g/mol. The first-order valence-electron chi connectivity index (χ1n) is 7.42. The van der Waals surface area contributed by atoms with E-state index in [2.05, 4.69) is 5.32 Å². The Hall–Kier alpha value is -2.94. The first kappa shape index (κ1) is 19.4. The third-order valence-electron chi connectivity index (χ3n) is 3.39. The van der Waals surface area contributed by atoms with Gasteiger partial charge in [-0.25, -0.2) is 9.18 Å². The Morgan fingerprint density at radius 2 is 2.00 bits per heavy atom. The van der Waals surface area contributed by atoms with Gasteiger partial charge >= 0.3 is 5.97 Å². The van der Waals surface area contributed by atoms with Crippen LogP contribution < -0.4 is 5.32 Å². The van der Waals surface area contributed by atoms with Crippen molar-refractivity contribution in [2.24, 2.45) is 0 Å². The molecule has 2 aromatic carbocycles. The Bertz CT molecular complexity index is 844. The Balaban J connectivity index is 1.97. The van der Waals surface area contributed by atoms with Crippen LogP contribution in [0.15, 0.2) is 47.4 Å². The zero-order chi connectivity index (χ0) is 19.1. The molecule has 0 aromatic heterocycles. The van der Waals surface area contributed by atoms with E-state index in [0.29, 0.717) is 4.90 Å². The topological polar surface area (TPSA) is 98.5 Å². The predicted octanol–water partition coefficient (Wildman–Crippen LogP) is 2.93. The molecule has 0 unspecified atom stereocenters. The molecule has 2 rings (SSSR count). The summed E-state index contributed by atoms with van der Waals surface area (Å²) in [5.41, 5.74) is -0.348. The maximum absolute atomic E-state index is 13.5. The fourth-order valence-electron chi connectivity index (χ4n) is 2.06. The van der Waals surface area contributed by atoms with Crippen molar-refractivity contribution in [2.45, 2.75) is 11.4 Å². The molecule has 0 radical (unpaired) electrons. The number of thioether (sulfide) groups is 1. The lowest BCUT2D eigenvalue weighted by Crippen LogP contribution is -2.28. The van der Waals surface area contributed by atoms with Gasteiger partial charge in [0.15, 0.2) is 6.61 Å². The number of benzene rings is 2. The van der Waals surface area contributed by atoms with Crippen molar-refractivity contribution in [3.63, 3.8) is 0 Å². The summed E-state index contributed by atoms with van der Waals surface area (Å²) >= 11 is 1.31. The van der Waals surface area contributed by atoms with Crippen LogP contribution in [0, 0.1) is 15.9 Å². The number of nitro groups is 1. The summed E-state index contributed by atoms with van der Waals surface area (Å²) in [6.45, 7) is -0.695. The summed E-state index contributed by atoms with van der Waals surface area (Å²) < 4.78 is 18.3. The van der Waals surface area contributed by atoms with Crippen molar-refractivity contribution in [1.29, 1.82) is 0 Å². The van der Waals surface area contributed by atoms with Crippen LogP contribution in [0.2, 0.25) is 0 Å². The summed E-state index contributed by atoms with van der Waals surface area (Å²) in [5.74, 6) is -2.09. The minimum Gasteiger partial charge on any atom is -0.452 e. The summed E-state index contributed by atoms with van der Waals surface area (Å²) in [6, 6.07) is 9.99. The molecule has 1 N–H and O–H groups in total. The van der Waals surface area contributed by atoms with E-state index in [4.69, 9.17) is 4.74 Å². The van der Waals surface area contributed by atoms with Crippen LogP contribution in [0.5, 0.6) is 0 Å². The number of nitro benzene ring substituents is 1. The van der Waals surface area contributed by atoms with Crippen molar-refractivity contribution >= 4 is 29.3 Å². The first-order valence-corrected chi connectivity index (χ1v) is 8.64. The minimum atomic E-state index is -0.978. The lowest BCUT2D eigenvalue weighted by Gasteiger charge is -2.08. The molecule has 0 bridgehead atoms. The van der Waals surface area contributed by atoms with Crippen molar-refractivity contribution in [3.05, 3.63) is 69.5 Å². The molecular weight excluding hydrogens is 363 g/mol. The predicted molar refractivity (Wildman–Crippen MR) is 93.4 cm³/mol. The van der Waals surface area contributed by atoms with Crippen LogP contribution in [0.25, 0.3) is 0 Å². The number of carbonyl (C=O) groups excluding carboxylic acids is 2. The quantitative estimate of drug-likeness (QED) is 0.344. The number of halogens is 1. The number of rotatable bonds is 7. The van der Waals surface area contributed by atoms with Crippen LogP contribution in [0.3, 0.4) is 0 Å². The summed E-state index contributed by atoms with van der Waals surface area (Å²) in [7, 11) is 0. The zero-order valence-electron chi connectivity index (χ0n) is 13.7. The molecule has 1 amide bonds. The maximum atomic E-state index is 13.5. The van der Waals surface area contributed by atoms with Gasteiger partial charge in [0.2, 0.25) is 0 Å². The second-order valence-electron chi connectivity index (χ2n) is 5.08. The second-order valence-corrected chi connectivity index (χ2v) is 5.96. The first-order chi connectivity index (χ1) is 12.4. The molecule has 0 aliphatic heterocycles. The van der Waals surface area contributed by atoms with Crippen molar-refractivity contribution in [1.82, 2.24) is 5.32 Å². The van der Waals surface area contributed by atoms with Crippen LogP contribution in [-0.2, 0) is 16.1 Å². The van der Waals surface area contributed by atoms with Gasteiger partial charge in [0.25, 0.3) is 11.6 Å². The summed E-state index contributed by atoms with van der Waals surface area (Å²) in [5, 5.41) is 13.4. The number of hydrogen-bond donors (Lipinski definition) is 1. The van der Waals surface area contributed by atoms with Crippen LogP contribution in [0.1, 0.15) is 15.9 Å². The summed E-state index contributed by atoms with van der Waals surface area (Å²) in [4.78, 5) is 34.8. The number of ether oxygens (including phenoxy) is 1. The van der Waals surface area contributed by atoms with Gasteiger partial charge in [0, 0.05) is 23.1 Å². The molecule has 0 spiro atoms. The smallest absolute Gasteiger partial charge is 0.345 e. The number of nitrogens with one attached hydrogen (secondary N) is 1. The molecule has 0 aliphatic rings. The minimum absolute atomic E-state index is 0.0643. The number of carbonyl (C=O) groups is 2. The molecule has 0 heterocycles. The van der Waals surface area contributed by atoms with Gasteiger partial charge in [0.1, 0.15) is 11.4 Å². The van der Waals surface area contributed by atoms with Crippen molar-refractivity contribution < 1.29 is 23.6 Å². The van der Waals surface area contributed by atoms with E-state index in [0.717, 1.165) is 0 Å². The van der Waals surface area contributed by atoms with E-state index in [1.54, 1.807) is 12.3 Å². The highest BCUT2D eigenvalue weighted by Crippen LogP contribution is 2.25. The number of nitrogens with zero attached hydrogens (tertiary/aromatic N) is 1. The van der Waals surface area contributed by atoms with Gasteiger partial charge in [-0.2, -0.15) is 0 Å². The fourth-order valence-corrected chi connectivity index (χ4v) is 2.50. The highest BCUT2D eigenvalue weighted by molar-refractivity contribution is 7.98. The van der Waals surface area contributed by atoms with Gasteiger partial charge in [-0.05, 0) is 24.5 Å². The lowest BCUT2D eigenvalue weighted by molar-refractivity contribution is -0.385. The molecule has 136 valence electrons. The molecule has 0 fully saturated rings. The van der Waals surface area contributed by atoms with Gasteiger partial charge in [0.05, 0.1) is 4.92 Å². The second kappa shape index (κ2) is 8.95. The molecule has 26 heavy (non-hydrogen) atoms.